The first-order valence-corrected chi connectivity index (χ1v) is 10.9. The summed E-state index contributed by atoms with van der Waals surface area (Å²) in [7, 11) is 0. The molecule has 0 aromatic heterocycles. The lowest BCUT2D eigenvalue weighted by atomic mass is 10.0. The van der Waals surface area contributed by atoms with Gasteiger partial charge in [0, 0.05) is 56.5 Å². The van der Waals surface area contributed by atoms with Crippen LogP contribution in [-0.2, 0) is 11.3 Å². The molecule has 5 nitrogen and oxygen atoms in total. The number of thioether (sulfide) groups is 1. The number of ether oxygens (including phenoxy) is 2. The topological polar surface area (TPSA) is 54.0 Å². The van der Waals surface area contributed by atoms with Gasteiger partial charge in [-0.3, -0.25) is 4.90 Å². The van der Waals surface area contributed by atoms with Crippen LogP contribution in [0.2, 0.25) is 0 Å². The number of aliphatic hydroxyl groups is 1. The molecule has 2 N–H and O–H groups in total. The molecule has 2 heterocycles. The van der Waals surface area contributed by atoms with Crippen LogP contribution in [0.5, 0.6) is 5.75 Å². The van der Waals surface area contributed by atoms with Gasteiger partial charge in [0.15, 0.2) is 0 Å². The van der Waals surface area contributed by atoms with E-state index in [9.17, 15) is 5.11 Å². The normalized spacial score (nSPS) is 20.8. The molecule has 0 radical (unpaired) electrons. The fraction of sp³-hybridized carbons (Fsp3) is 0.700. The van der Waals surface area contributed by atoms with E-state index in [2.05, 4.69) is 16.3 Å². The molecule has 1 atom stereocenters. The molecule has 0 aliphatic carbocycles. The Labute approximate surface area is 161 Å². The van der Waals surface area contributed by atoms with Crippen molar-refractivity contribution in [3.63, 3.8) is 0 Å². The second-order valence-electron chi connectivity index (χ2n) is 7.17. The number of para-hydroxylation sites is 1. The molecule has 0 saturated carbocycles. The summed E-state index contributed by atoms with van der Waals surface area (Å²) in [5, 5.41) is 13.9. The highest BCUT2D eigenvalue weighted by Gasteiger charge is 2.16. The minimum absolute atomic E-state index is 0.348. The van der Waals surface area contributed by atoms with Gasteiger partial charge < -0.3 is 19.9 Å². The number of hydrogen-bond donors (Lipinski definition) is 2. The van der Waals surface area contributed by atoms with Crippen molar-refractivity contribution in [3.8, 4) is 5.75 Å². The maximum absolute atomic E-state index is 10.3. The van der Waals surface area contributed by atoms with Crippen molar-refractivity contribution in [1.29, 1.82) is 0 Å². The van der Waals surface area contributed by atoms with Crippen molar-refractivity contribution in [2.45, 2.75) is 25.5 Å². The number of nitrogens with one attached hydrogen (secondary N) is 1. The van der Waals surface area contributed by atoms with Gasteiger partial charge in [0.05, 0.1) is 0 Å². The van der Waals surface area contributed by atoms with Crippen LogP contribution in [0.25, 0.3) is 0 Å². The number of hydrogen-bond acceptors (Lipinski definition) is 6. The van der Waals surface area contributed by atoms with Crippen LogP contribution >= 0.6 is 11.8 Å². The highest BCUT2D eigenvalue weighted by molar-refractivity contribution is 7.99. The molecule has 26 heavy (non-hydrogen) atoms. The van der Waals surface area contributed by atoms with E-state index in [-0.39, 0.29) is 0 Å². The summed E-state index contributed by atoms with van der Waals surface area (Å²) >= 11 is 1.99. The Morgan fingerprint density at radius 2 is 2.00 bits per heavy atom. The number of benzene rings is 1. The molecule has 0 bridgehead atoms. The summed E-state index contributed by atoms with van der Waals surface area (Å²) in [6, 6.07) is 8.13. The monoisotopic (exact) mass is 380 g/mol. The van der Waals surface area contributed by atoms with Gasteiger partial charge in [-0.25, -0.2) is 0 Å². The van der Waals surface area contributed by atoms with Crippen molar-refractivity contribution < 1.29 is 14.6 Å². The third-order valence-corrected chi connectivity index (χ3v) is 6.01. The van der Waals surface area contributed by atoms with Crippen LogP contribution in [0.15, 0.2) is 24.3 Å². The van der Waals surface area contributed by atoms with Gasteiger partial charge in [0.1, 0.15) is 18.5 Å². The van der Waals surface area contributed by atoms with Gasteiger partial charge >= 0.3 is 0 Å². The van der Waals surface area contributed by atoms with Gasteiger partial charge in [0.25, 0.3) is 0 Å². The van der Waals surface area contributed by atoms with Gasteiger partial charge in [-0.1, -0.05) is 18.2 Å². The smallest absolute Gasteiger partial charge is 0.123 e. The average molecular weight is 381 g/mol. The van der Waals surface area contributed by atoms with Crippen LogP contribution in [0.4, 0.5) is 0 Å². The lowest BCUT2D eigenvalue weighted by molar-refractivity contribution is 0.0660. The minimum atomic E-state index is -0.443. The molecule has 2 fully saturated rings. The lowest BCUT2D eigenvalue weighted by Gasteiger charge is -2.28. The predicted molar refractivity (Wildman–Crippen MR) is 107 cm³/mol. The highest BCUT2D eigenvalue weighted by atomic mass is 32.2. The molecule has 6 heteroatoms. The predicted octanol–water partition coefficient (Wildman–Crippen LogP) is 1.99. The van der Waals surface area contributed by atoms with Crippen LogP contribution in [0.1, 0.15) is 18.4 Å². The quantitative estimate of drug-likeness (QED) is 0.683. The number of β-amino-alcohol motifs (C(OH)–C–C–N with tert-alkyl or cyclic N) is 1. The second kappa shape index (κ2) is 11.1. The van der Waals surface area contributed by atoms with Crippen molar-refractivity contribution in [3.05, 3.63) is 29.8 Å². The van der Waals surface area contributed by atoms with Crippen LogP contribution in [0, 0.1) is 5.92 Å². The van der Waals surface area contributed by atoms with Crippen LogP contribution < -0.4 is 10.1 Å². The maximum atomic E-state index is 10.3. The average Bonchev–Trinajstić information content (AvgIpc) is 2.69. The zero-order valence-electron chi connectivity index (χ0n) is 15.6. The maximum Gasteiger partial charge on any atom is 0.123 e. The van der Waals surface area contributed by atoms with Crippen LogP contribution in [0.3, 0.4) is 0 Å². The molecule has 1 aromatic carbocycles. The molecule has 3 rings (SSSR count). The van der Waals surface area contributed by atoms with Crippen molar-refractivity contribution >= 4 is 11.8 Å². The summed E-state index contributed by atoms with van der Waals surface area (Å²) in [6.45, 7) is 6.77. The first-order chi connectivity index (χ1) is 12.8. The van der Waals surface area contributed by atoms with Crippen molar-refractivity contribution in [2.75, 3.05) is 57.5 Å². The van der Waals surface area contributed by atoms with Crippen molar-refractivity contribution in [1.82, 2.24) is 10.2 Å². The lowest BCUT2D eigenvalue weighted by Crippen LogP contribution is -2.40. The molecule has 0 spiro atoms. The van der Waals surface area contributed by atoms with E-state index in [0.717, 1.165) is 75.1 Å². The van der Waals surface area contributed by atoms with E-state index >= 15 is 0 Å². The summed E-state index contributed by atoms with van der Waals surface area (Å²) in [5.74, 6) is 3.91. The highest BCUT2D eigenvalue weighted by Crippen LogP contribution is 2.19. The first-order valence-electron chi connectivity index (χ1n) is 9.78. The Kier molecular flexibility index (Phi) is 8.55. The Bertz CT molecular complexity index is 520. The molecule has 2 aliphatic heterocycles. The second-order valence-corrected chi connectivity index (χ2v) is 8.40. The Morgan fingerprint density at radius 3 is 2.81 bits per heavy atom. The standard InChI is InChI=1S/C20H32N2O3S/c23-19(15-22-7-11-26-12-8-22)16-25-20-4-2-1-3-18(20)14-21-13-17-5-9-24-10-6-17/h1-4,17,19,21,23H,5-16H2. The van der Waals surface area contributed by atoms with E-state index in [4.69, 9.17) is 9.47 Å². The summed E-state index contributed by atoms with van der Waals surface area (Å²) in [5.41, 5.74) is 1.15. The Balaban J connectivity index is 1.41. The molecule has 1 aromatic rings. The summed E-state index contributed by atoms with van der Waals surface area (Å²) in [6.07, 6.45) is 1.85. The molecule has 2 aliphatic rings. The number of rotatable bonds is 9. The molecule has 0 amide bonds. The largest absolute Gasteiger partial charge is 0.491 e. The van der Waals surface area contributed by atoms with Gasteiger partial charge in [-0.15, -0.1) is 0 Å². The third-order valence-electron chi connectivity index (χ3n) is 5.07. The van der Waals surface area contributed by atoms with Gasteiger partial charge in [-0.05, 0) is 31.4 Å². The summed E-state index contributed by atoms with van der Waals surface area (Å²) in [4.78, 5) is 2.33. The molecular formula is C20H32N2O3S. The van der Waals surface area contributed by atoms with Crippen molar-refractivity contribution in [2.24, 2.45) is 5.92 Å². The zero-order valence-corrected chi connectivity index (χ0v) is 16.4. The molecule has 2 saturated heterocycles. The Hall–Kier alpha value is -0.790. The number of aliphatic hydroxyl groups excluding tert-OH is 1. The first kappa shape index (κ1) is 20.0. The van der Waals surface area contributed by atoms with Crippen LogP contribution in [-0.4, -0.2) is 73.6 Å². The van der Waals surface area contributed by atoms with Gasteiger partial charge in [-0.2, -0.15) is 11.8 Å². The molecule has 146 valence electrons. The molecule has 1 unspecified atom stereocenters. The number of nitrogens with zero attached hydrogens (tertiary/aromatic N) is 1. The van der Waals surface area contributed by atoms with E-state index in [1.54, 1.807) is 0 Å². The van der Waals surface area contributed by atoms with E-state index < -0.39 is 6.10 Å². The summed E-state index contributed by atoms with van der Waals surface area (Å²) < 4.78 is 11.4. The van der Waals surface area contributed by atoms with E-state index in [1.807, 2.05) is 30.0 Å². The fourth-order valence-corrected chi connectivity index (χ4v) is 4.45. The third kappa shape index (κ3) is 6.74. The SMILES string of the molecule is OC(COc1ccccc1CNCC1CCOCC1)CN1CCSCC1. The molecular weight excluding hydrogens is 348 g/mol. The zero-order chi connectivity index (χ0) is 18.0. The minimum Gasteiger partial charge on any atom is -0.491 e. The van der Waals surface area contributed by atoms with E-state index in [0.29, 0.717) is 19.1 Å². The Morgan fingerprint density at radius 1 is 1.23 bits per heavy atom. The van der Waals surface area contributed by atoms with Gasteiger partial charge in [0.2, 0.25) is 0 Å². The van der Waals surface area contributed by atoms with E-state index in [1.165, 1.54) is 0 Å². The fourth-order valence-electron chi connectivity index (χ4n) is 3.47.